The van der Waals surface area contributed by atoms with Crippen molar-refractivity contribution in [2.24, 2.45) is 0 Å². The first-order valence-corrected chi connectivity index (χ1v) is 7.13. The summed E-state index contributed by atoms with van der Waals surface area (Å²) < 4.78 is 5.15. The van der Waals surface area contributed by atoms with E-state index >= 15 is 0 Å². The topological polar surface area (TPSA) is 81.4 Å². The SMILES string of the molecule is COc1ccc(N2CCN(C(=O)c3c[nH]c(=O)[nH]3)CC2)cc1. The number of hydrogen-bond donors (Lipinski definition) is 2. The van der Waals surface area contributed by atoms with Crippen molar-refractivity contribution in [3.63, 3.8) is 0 Å². The zero-order valence-electron chi connectivity index (χ0n) is 12.3. The van der Waals surface area contributed by atoms with Gasteiger partial charge in [0.2, 0.25) is 0 Å². The van der Waals surface area contributed by atoms with Gasteiger partial charge in [0, 0.05) is 38.1 Å². The van der Waals surface area contributed by atoms with Crippen molar-refractivity contribution in [3.05, 3.63) is 46.6 Å². The van der Waals surface area contributed by atoms with Gasteiger partial charge in [-0.2, -0.15) is 0 Å². The Labute approximate surface area is 127 Å². The molecule has 1 amide bonds. The van der Waals surface area contributed by atoms with Crippen LogP contribution in [-0.4, -0.2) is 54.1 Å². The van der Waals surface area contributed by atoms with Crippen LogP contribution in [0, 0.1) is 0 Å². The van der Waals surface area contributed by atoms with Crippen LogP contribution in [0.3, 0.4) is 0 Å². The molecular weight excluding hydrogens is 284 g/mol. The number of amides is 1. The minimum atomic E-state index is -0.361. The number of nitrogens with zero attached hydrogens (tertiary/aromatic N) is 2. The van der Waals surface area contributed by atoms with Gasteiger partial charge in [-0.3, -0.25) is 4.79 Å². The second kappa shape index (κ2) is 5.97. The third-order valence-corrected chi connectivity index (χ3v) is 3.83. The molecule has 1 aliphatic heterocycles. The Morgan fingerprint density at radius 3 is 2.36 bits per heavy atom. The Morgan fingerprint density at radius 2 is 1.82 bits per heavy atom. The number of carbonyl (C=O) groups is 1. The van der Waals surface area contributed by atoms with Crippen molar-refractivity contribution in [2.75, 3.05) is 38.2 Å². The summed E-state index contributed by atoms with van der Waals surface area (Å²) in [4.78, 5) is 32.2. The fourth-order valence-corrected chi connectivity index (χ4v) is 2.58. The van der Waals surface area contributed by atoms with Crippen molar-refractivity contribution < 1.29 is 9.53 Å². The first-order chi connectivity index (χ1) is 10.7. The van der Waals surface area contributed by atoms with Gasteiger partial charge in [-0.1, -0.05) is 0 Å². The number of carbonyl (C=O) groups excluding carboxylic acids is 1. The molecule has 3 rings (SSSR count). The van der Waals surface area contributed by atoms with Crippen molar-refractivity contribution in [3.8, 4) is 5.75 Å². The van der Waals surface area contributed by atoms with Crippen molar-refractivity contribution in [1.82, 2.24) is 14.9 Å². The fourth-order valence-electron chi connectivity index (χ4n) is 2.58. The number of anilines is 1. The first-order valence-electron chi connectivity index (χ1n) is 7.13. The maximum atomic E-state index is 12.2. The molecule has 1 aromatic carbocycles. The molecule has 0 radical (unpaired) electrons. The number of aromatic amines is 2. The highest BCUT2D eigenvalue weighted by atomic mass is 16.5. The quantitative estimate of drug-likeness (QED) is 0.873. The summed E-state index contributed by atoms with van der Waals surface area (Å²) in [7, 11) is 1.64. The van der Waals surface area contributed by atoms with E-state index in [1.54, 1.807) is 12.0 Å². The number of rotatable bonds is 3. The number of piperazine rings is 1. The number of H-pyrrole nitrogens is 2. The van der Waals surface area contributed by atoms with Gasteiger partial charge in [-0.25, -0.2) is 4.79 Å². The van der Waals surface area contributed by atoms with Gasteiger partial charge in [0.25, 0.3) is 5.91 Å². The van der Waals surface area contributed by atoms with E-state index in [1.165, 1.54) is 6.20 Å². The maximum absolute atomic E-state index is 12.2. The summed E-state index contributed by atoms with van der Waals surface area (Å²) in [5.41, 5.74) is 1.06. The van der Waals surface area contributed by atoms with E-state index in [4.69, 9.17) is 4.74 Å². The standard InChI is InChI=1S/C15H18N4O3/c1-22-12-4-2-11(3-5-12)18-6-8-19(9-7-18)14(20)13-10-16-15(21)17-13/h2-5,10H,6-9H2,1H3,(H2,16,17,21). The van der Waals surface area contributed by atoms with Gasteiger partial charge in [0.05, 0.1) is 7.11 Å². The monoisotopic (exact) mass is 302 g/mol. The lowest BCUT2D eigenvalue weighted by Crippen LogP contribution is -2.49. The molecule has 1 saturated heterocycles. The van der Waals surface area contributed by atoms with Crippen LogP contribution in [-0.2, 0) is 0 Å². The molecule has 1 aromatic heterocycles. The third kappa shape index (κ3) is 2.83. The second-order valence-corrected chi connectivity index (χ2v) is 5.13. The zero-order chi connectivity index (χ0) is 15.5. The van der Waals surface area contributed by atoms with E-state index in [9.17, 15) is 9.59 Å². The van der Waals surface area contributed by atoms with Crippen LogP contribution in [0.1, 0.15) is 10.5 Å². The van der Waals surface area contributed by atoms with Crippen molar-refractivity contribution in [2.45, 2.75) is 0 Å². The van der Waals surface area contributed by atoms with Crippen LogP contribution in [0.2, 0.25) is 0 Å². The number of aromatic nitrogens is 2. The number of nitrogens with one attached hydrogen (secondary N) is 2. The number of imidazole rings is 1. The van der Waals surface area contributed by atoms with E-state index in [0.717, 1.165) is 24.5 Å². The van der Waals surface area contributed by atoms with Gasteiger partial charge in [-0.15, -0.1) is 0 Å². The summed E-state index contributed by atoms with van der Waals surface area (Å²) in [5, 5.41) is 0. The molecule has 0 aliphatic carbocycles. The van der Waals surface area contributed by atoms with Crippen molar-refractivity contribution in [1.29, 1.82) is 0 Å². The molecule has 116 valence electrons. The minimum Gasteiger partial charge on any atom is -0.497 e. The number of hydrogen-bond acceptors (Lipinski definition) is 4. The van der Waals surface area contributed by atoms with E-state index in [0.29, 0.717) is 18.8 Å². The summed E-state index contributed by atoms with van der Waals surface area (Å²) in [6.07, 6.45) is 1.42. The highest BCUT2D eigenvalue weighted by Gasteiger charge is 2.23. The summed E-state index contributed by atoms with van der Waals surface area (Å²) in [6.45, 7) is 2.76. The number of benzene rings is 1. The molecule has 2 N–H and O–H groups in total. The molecular formula is C15H18N4O3. The number of methoxy groups -OCH3 is 1. The van der Waals surface area contributed by atoms with Gasteiger partial charge < -0.3 is 24.5 Å². The first kappa shape index (κ1) is 14.2. The summed E-state index contributed by atoms with van der Waals surface area (Å²) >= 11 is 0. The molecule has 0 unspecified atom stereocenters. The molecule has 22 heavy (non-hydrogen) atoms. The van der Waals surface area contributed by atoms with E-state index in [1.807, 2.05) is 24.3 Å². The average Bonchev–Trinajstić information content (AvgIpc) is 3.01. The smallest absolute Gasteiger partial charge is 0.323 e. The van der Waals surface area contributed by atoms with Crippen LogP contribution >= 0.6 is 0 Å². The third-order valence-electron chi connectivity index (χ3n) is 3.83. The molecule has 0 spiro atoms. The Balaban J connectivity index is 1.62. The molecule has 0 bridgehead atoms. The lowest BCUT2D eigenvalue weighted by atomic mass is 10.2. The predicted molar refractivity (Wildman–Crippen MR) is 82.5 cm³/mol. The summed E-state index contributed by atoms with van der Waals surface area (Å²) in [6, 6.07) is 7.88. The Morgan fingerprint density at radius 1 is 1.14 bits per heavy atom. The normalized spacial score (nSPS) is 15.0. The van der Waals surface area contributed by atoms with Gasteiger partial charge in [0.15, 0.2) is 0 Å². The molecule has 7 heteroatoms. The van der Waals surface area contributed by atoms with Crippen LogP contribution in [0.4, 0.5) is 5.69 Å². The molecule has 1 fully saturated rings. The predicted octanol–water partition coefficient (Wildman–Crippen LogP) is 0.674. The largest absolute Gasteiger partial charge is 0.497 e. The van der Waals surface area contributed by atoms with E-state index in [-0.39, 0.29) is 11.6 Å². The number of ether oxygens (including phenoxy) is 1. The molecule has 2 heterocycles. The highest BCUT2D eigenvalue weighted by molar-refractivity contribution is 5.92. The van der Waals surface area contributed by atoms with Crippen LogP contribution in [0.15, 0.2) is 35.3 Å². The average molecular weight is 302 g/mol. The second-order valence-electron chi connectivity index (χ2n) is 5.13. The van der Waals surface area contributed by atoms with Crippen LogP contribution < -0.4 is 15.3 Å². The molecule has 0 saturated carbocycles. The lowest BCUT2D eigenvalue weighted by Gasteiger charge is -2.35. The van der Waals surface area contributed by atoms with Crippen LogP contribution in [0.5, 0.6) is 5.75 Å². The molecule has 2 aromatic rings. The van der Waals surface area contributed by atoms with Gasteiger partial charge in [-0.05, 0) is 24.3 Å². The Kier molecular flexibility index (Phi) is 3.86. The van der Waals surface area contributed by atoms with E-state index < -0.39 is 0 Å². The molecule has 1 aliphatic rings. The van der Waals surface area contributed by atoms with Gasteiger partial charge >= 0.3 is 5.69 Å². The lowest BCUT2D eigenvalue weighted by molar-refractivity contribution is 0.0741. The zero-order valence-corrected chi connectivity index (χ0v) is 12.3. The summed E-state index contributed by atoms with van der Waals surface area (Å²) in [5.74, 6) is 0.682. The fraction of sp³-hybridized carbons (Fsp3) is 0.333. The van der Waals surface area contributed by atoms with Crippen LogP contribution in [0.25, 0.3) is 0 Å². The Bertz CT molecular complexity index is 696. The molecule has 7 nitrogen and oxygen atoms in total. The Hall–Kier alpha value is -2.70. The molecule has 0 atom stereocenters. The minimum absolute atomic E-state index is 0.146. The maximum Gasteiger partial charge on any atom is 0.323 e. The van der Waals surface area contributed by atoms with E-state index in [2.05, 4.69) is 14.9 Å². The highest BCUT2D eigenvalue weighted by Crippen LogP contribution is 2.20. The van der Waals surface area contributed by atoms with Gasteiger partial charge in [0.1, 0.15) is 11.4 Å². The van der Waals surface area contributed by atoms with Crippen molar-refractivity contribution >= 4 is 11.6 Å².